The Morgan fingerprint density at radius 3 is 2.45 bits per heavy atom. The Bertz CT molecular complexity index is 644. The molecule has 2 aromatic carbocycles. The Balaban J connectivity index is 2.55. The lowest BCUT2D eigenvalue weighted by Crippen LogP contribution is -2.01. The van der Waals surface area contributed by atoms with Crippen molar-refractivity contribution in [2.24, 2.45) is 0 Å². The Hall–Kier alpha value is -0.940. The van der Waals surface area contributed by atoms with Gasteiger partial charge in [0, 0.05) is 11.6 Å². The molecule has 0 saturated carbocycles. The zero-order valence-corrected chi connectivity index (χ0v) is 14.1. The van der Waals surface area contributed by atoms with Crippen LogP contribution in [0.3, 0.4) is 0 Å². The Morgan fingerprint density at radius 2 is 1.80 bits per heavy atom. The molecule has 0 N–H and O–H groups in total. The number of alkyl halides is 1. The van der Waals surface area contributed by atoms with E-state index in [1.165, 1.54) is 25.3 Å². The molecule has 0 aliphatic rings. The number of benzene rings is 2. The number of aryl methyl sites for hydroxylation is 1. The van der Waals surface area contributed by atoms with Crippen molar-refractivity contribution in [3.63, 3.8) is 0 Å². The summed E-state index contributed by atoms with van der Waals surface area (Å²) in [4.78, 5) is -0.287. The highest BCUT2D eigenvalue weighted by molar-refractivity contribution is 9.10. The van der Waals surface area contributed by atoms with Crippen LogP contribution in [0.1, 0.15) is 21.5 Å². The SMILES string of the molecule is COc1cc(F)c(Br)cc1C(Br)c1cc(F)ccc1C. The predicted octanol–water partition coefficient (Wildman–Crippen LogP) is 5.53. The minimum atomic E-state index is -0.402. The molecule has 0 aliphatic carbocycles. The third-order valence-corrected chi connectivity index (χ3v) is 4.65. The van der Waals surface area contributed by atoms with Gasteiger partial charge >= 0.3 is 0 Å². The number of hydrogen-bond donors (Lipinski definition) is 0. The van der Waals surface area contributed by atoms with Crippen LogP contribution in [0.25, 0.3) is 0 Å². The standard InChI is InChI=1S/C15H12Br2F2O/c1-8-3-4-9(18)5-10(8)15(17)11-6-12(16)13(19)7-14(11)20-2/h3-7,15H,1-2H3. The molecule has 0 aliphatic heterocycles. The lowest BCUT2D eigenvalue weighted by Gasteiger charge is -2.17. The first-order valence-electron chi connectivity index (χ1n) is 5.87. The minimum absolute atomic E-state index is 0.287. The first-order chi connectivity index (χ1) is 9.43. The van der Waals surface area contributed by atoms with E-state index in [-0.39, 0.29) is 10.6 Å². The van der Waals surface area contributed by atoms with Crippen molar-refractivity contribution in [3.05, 3.63) is 63.1 Å². The molecule has 20 heavy (non-hydrogen) atoms. The van der Waals surface area contributed by atoms with Gasteiger partial charge in [-0.15, -0.1) is 0 Å². The van der Waals surface area contributed by atoms with Crippen LogP contribution < -0.4 is 4.74 Å². The molecule has 0 radical (unpaired) electrons. The van der Waals surface area contributed by atoms with Gasteiger partial charge in [0.25, 0.3) is 0 Å². The van der Waals surface area contributed by atoms with E-state index < -0.39 is 5.82 Å². The molecule has 1 unspecified atom stereocenters. The van der Waals surface area contributed by atoms with Gasteiger partial charge in [0.2, 0.25) is 0 Å². The van der Waals surface area contributed by atoms with Crippen LogP contribution in [-0.2, 0) is 0 Å². The van der Waals surface area contributed by atoms with E-state index in [9.17, 15) is 8.78 Å². The van der Waals surface area contributed by atoms with Crippen LogP contribution in [0.5, 0.6) is 5.75 Å². The summed E-state index contributed by atoms with van der Waals surface area (Å²) >= 11 is 6.70. The predicted molar refractivity (Wildman–Crippen MR) is 82.6 cm³/mol. The van der Waals surface area contributed by atoms with E-state index >= 15 is 0 Å². The largest absolute Gasteiger partial charge is 0.496 e. The zero-order chi connectivity index (χ0) is 14.9. The van der Waals surface area contributed by atoms with E-state index in [4.69, 9.17) is 4.74 Å². The number of ether oxygens (including phenoxy) is 1. The maximum Gasteiger partial charge on any atom is 0.141 e. The molecule has 1 atom stereocenters. The average molecular weight is 406 g/mol. The van der Waals surface area contributed by atoms with E-state index in [1.807, 2.05) is 6.92 Å². The normalized spacial score (nSPS) is 12.3. The first kappa shape index (κ1) is 15.4. The quantitative estimate of drug-likeness (QED) is 0.610. The van der Waals surface area contributed by atoms with Crippen molar-refractivity contribution in [3.8, 4) is 5.75 Å². The fraction of sp³-hybridized carbons (Fsp3) is 0.200. The third-order valence-electron chi connectivity index (χ3n) is 3.06. The lowest BCUT2D eigenvalue weighted by molar-refractivity contribution is 0.406. The van der Waals surface area contributed by atoms with Gasteiger partial charge in [-0.3, -0.25) is 0 Å². The second kappa shape index (κ2) is 6.22. The summed E-state index contributed by atoms with van der Waals surface area (Å²) in [5.41, 5.74) is 2.45. The van der Waals surface area contributed by atoms with Crippen molar-refractivity contribution < 1.29 is 13.5 Å². The Morgan fingerprint density at radius 1 is 1.10 bits per heavy atom. The molecule has 0 spiro atoms. The third kappa shape index (κ3) is 3.04. The number of rotatable bonds is 3. The molecule has 0 heterocycles. The van der Waals surface area contributed by atoms with Crippen LogP contribution in [0, 0.1) is 18.6 Å². The van der Waals surface area contributed by atoms with Gasteiger partial charge in [-0.1, -0.05) is 22.0 Å². The van der Waals surface area contributed by atoms with Gasteiger partial charge in [-0.05, 0) is 52.2 Å². The summed E-state index contributed by atoms with van der Waals surface area (Å²) in [7, 11) is 1.48. The number of hydrogen-bond acceptors (Lipinski definition) is 1. The average Bonchev–Trinajstić information content (AvgIpc) is 2.43. The van der Waals surface area contributed by atoms with Gasteiger partial charge in [0.15, 0.2) is 0 Å². The van der Waals surface area contributed by atoms with Crippen LogP contribution in [0.2, 0.25) is 0 Å². The van der Waals surface area contributed by atoms with Crippen LogP contribution in [-0.4, -0.2) is 7.11 Å². The number of methoxy groups -OCH3 is 1. The van der Waals surface area contributed by atoms with Crippen molar-refractivity contribution in [2.45, 2.75) is 11.8 Å². The molecule has 0 saturated heterocycles. The topological polar surface area (TPSA) is 9.23 Å². The summed E-state index contributed by atoms with van der Waals surface area (Å²) in [6.45, 7) is 1.90. The zero-order valence-electron chi connectivity index (χ0n) is 10.9. The van der Waals surface area contributed by atoms with Crippen molar-refractivity contribution >= 4 is 31.9 Å². The van der Waals surface area contributed by atoms with Gasteiger partial charge < -0.3 is 4.74 Å². The van der Waals surface area contributed by atoms with Crippen molar-refractivity contribution in [2.75, 3.05) is 7.11 Å². The highest BCUT2D eigenvalue weighted by Crippen LogP contribution is 2.40. The molecule has 5 heteroatoms. The second-order valence-electron chi connectivity index (χ2n) is 4.37. The van der Waals surface area contributed by atoms with E-state index in [0.29, 0.717) is 10.2 Å². The Kier molecular flexibility index (Phi) is 4.81. The molecule has 0 bridgehead atoms. The molecular weight excluding hydrogens is 394 g/mol. The molecule has 2 aromatic rings. The second-order valence-corrected chi connectivity index (χ2v) is 6.14. The van der Waals surface area contributed by atoms with Crippen molar-refractivity contribution in [1.29, 1.82) is 0 Å². The monoisotopic (exact) mass is 404 g/mol. The maximum absolute atomic E-state index is 13.6. The molecule has 1 nitrogen and oxygen atoms in total. The molecule has 2 rings (SSSR count). The van der Waals surface area contributed by atoms with Gasteiger partial charge in [0.05, 0.1) is 16.4 Å². The van der Waals surface area contributed by atoms with Crippen LogP contribution in [0.15, 0.2) is 34.8 Å². The van der Waals surface area contributed by atoms with Crippen molar-refractivity contribution in [1.82, 2.24) is 0 Å². The summed E-state index contributed by atoms with van der Waals surface area (Å²) < 4.78 is 32.5. The molecule has 0 fully saturated rings. The Labute approximate surface area is 133 Å². The van der Waals surface area contributed by atoms with E-state index in [0.717, 1.165) is 16.7 Å². The van der Waals surface area contributed by atoms with Crippen LogP contribution >= 0.6 is 31.9 Å². The summed E-state index contributed by atoms with van der Waals surface area (Å²) in [5.74, 6) is -0.298. The molecule has 106 valence electrons. The highest BCUT2D eigenvalue weighted by Gasteiger charge is 2.20. The molecule has 0 amide bonds. The fourth-order valence-corrected chi connectivity index (χ4v) is 3.18. The van der Waals surface area contributed by atoms with E-state index in [2.05, 4.69) is 31.9 Å². The maximum atomic E-state index is 13.6. The van der Waals surface area contributed by atoms with Gasteiger partial charge in [-0.2, -0.15) is 0 Å². The molecular formula is C15H12Br2F2O. The minimum Gasteiger partial charge on any atom is -0.496 e. The van der Waals surface area contributed by atoms with Gasteiger partial charge in [0.1, 0.15) is 17.4 Å². The summed E-state index contributed by atoms with van der Waals surface area (Å²) in [5, 5.41) is 0. The molecule has 0 aromatic heterocycles. The van der Waals surface area contributed by atoms with E-state index in [1.54, 1.807) is 12.1 Å². The summed E-state index contributed by atoms with van der Waals surface area (Å²) in [6, 6.07) is 7.53. The number of halogens is 4. The first-order valence-corrected chi connectivity index (χ1v) is 7.58. The lowest BCUT2D eigenvalue weighted by atomic mass is 9.99. The van der Waals surface area contributed by atoms with Gasteiger partial charge in [-0.25, -0.2) is 8.78 Å². The van der Waals surface area contributed by atoms with Crippen LogP contribution in [0.4, 0.5) is 8.78 Å². The highest BCUT2D eigenvalue weighted by atomic mass is 79.9. The fourth-order valence-electron chi connectivity index (χ4n) is 1.97. The smallest absolute Gasteiger partial charge is 0.141 e. The summed E-state index contributed by atoms with van der Waals surface area (Å²) in [6.07, 6.45) is 0.